The van der Waals surface area contributed by atoms with Gasteiger partial charge >= 0.3 is 0 Å². The summed E-state index contributed by atoms with van der Waals surface area (Å²) in [6.45, 7) is 4.11. The van der Waals surface area contributed by atoms with Gasteiger partial charge in [-0.15, -0.1) is 11.3 Å². The zero-order valence-electron chi connectivity index (χ0n) is 11.2. The first kappa shape index (κ1) is 14.2. The smallest absolute Gasteiger partial charge is 0.175 e. The molecule has 2 rings (SSSR count). The maximum atomic E-state index is 11.4. The monoisotopic (exact) mass is 295 g/mol. The lowest BCUT2D eigenvalue weighted by atomic mass is 10.0. The third kappa shape index (κ3) is 3.05. The molecule has 1 aromatic carbocycles. The molecule has 2 aromatic rings. The van der Waals surface area contributed by atoms with Crippen molar-refractivity contribution >= 4 is 21.2 Å². The molecule has 1 heterocycles. The number of aryl methyl sites for hydroxylation is 2. The van der Waals surface area contributed by atoms with Crippen molar-refractivity contribution < 1.29 is 8.42 Å². The minimum absolute atomic E-state index is 0.210. The topological polar surface area (TPSA) is 60.2 Å². The van der Waals surface area contributed by atoms with Crippen LogP contribution in [0.3, 0.4) is 0 Å². The van der Waals surface area contributed by atoms with Crippen molar-refractivity contribution in [2.75, 3.05) is 6.26 Å². The SMILES string of the molecule is Cc1cc(C(N)c2ccc(S(C)(=O)=O)cc2)c(C)s1. The van der Waals surface area contributed by atoms with E-state index in [0.717, 1.165) is 11.1 Å². The number of thiophene rings is 1. The Balaban J connectivity index is 2.35. The van der Waals surface area contributed by atoms with Gasteiger partial charge in [-0.05, 0) is 43.2 Å². The lowest BCUT2D eigenvalue weighted by Crippen LogP contribution is -2.12. The summed E-state index contributed by atoms with van der Waals surface area (Å²) in [5, 5.41) is 0. The zero-order valence-corrected chi connectivity index (χ0v) is 12.8. The van der Waals surface area contributed by atoms with E-state index in [1.807, 2.05) is 0 Å². The fourth-order valence-corrected chi connectivity index (χ4v) is 3.66. The standard InChI is InChI=1S/C14H17NO2S2/c1-9-8-13(10(2)18-9)14(15)11-4-6-12(7-5-11)19(3,16)17/h4-8,14H,15H2,1-3H3. The van der Waals surface area contributed by atoms with Crippen LogP contribution in [0.1, 0.15) is 26.9 Å². The minimum Gasteiger partial charge on any atom is -0.320 e. The molecular weight excluding hydrogens is 278 g/mol. The average molecular weight is 295 g/mol. The first-order valence-corrected chi connectivity index (χ1v) is 8.62. The summed E-state index contributed by atoms with van der Waals surface area (Å²) in [6.07, 6.45) is 1.20. The van der Waals surface area contributed by atoms with Crippen molar-refractivity contribution in [3.63, 3.8) is 0 Å². The lowest BCUT2D eigenvalue weighted by molar-refractivity contribution is 0.602. The molecule has 5 heteroatoms. The highest BCUT2D eigenvalue weighted by Gasteiger charge is 2.15. The van der Waals surface area contributed by atoms with E-state index in [9.17, 15) is 8.42 Å². The Morgan fingerprint density at radius 3 is 2.16 bits per heavy atom. The molecule has 0 saturated carbocycles. The Kier molecular flexibility index (Phi) is 3.80. The van der Waals surface area contributed by atoms with Crippen LogP contribution in [0.15, 0.2) is 35.2 Å². The van der Waals surface area contributed by atoms with Crippen LogP contribution in [-0.2, 0) is 9.84 Å². The summed E-state index contributed by atoms with van der Waals surface area (Å²) < 4.78 is 22.8. The van der Waals surface area contributed by atoms with E-state index < -0.39 is 9.84 Å². The molecule has 3 nitrogen and oxygen atoms in total. The first-order chi connectivity index (χ1) is 8.79. The maximum absolute atomic E-state index is 11.4. The third-order valence-corrected chi connectivity index (χ3v) is 5.19. The summed E-state index contributed by atoms with van der Waals surface area (Å²) in [4.78, 5) is 2.76. The molecule has 2 N–H and O–H groups in total. The van der Waals surface area contributed by atoms with Gasteiger partial charge in [-0.25, -0.2) is 8.42 Å². The molecule has 0 bridgehead atoms. The third-order valence-electron chi connectivity index (χ3n) is 3.08. The number of hydrogen-bond acceptors (Lipinski definition) is 4. The van der Waals surface area contributed by atoms with Crippen LogP contribution in [0.4, 0.5) is 0 Å². The molecule has 0 amide bonds. The van der Waals surface area contributed by atoms with Crippen molar-refractivity contribution in [3.8, 4) is 0 Å². The van der Waals surface area contributed by atoms with E-state index in [1.54, 1.807) is 35.6 Å². The summed E-state index contributed by atoms with van der Waals surface area (Å²) in [7, 11) is -3.15. The van der Waals surface area contributed by atoms with Gasteiger partial charge in [-0.3, -0.25) is 0 Å². The number of hydrogen-bond donors (Lipinski definition) is 1. The van der Waals surface area contributed by atoms with Crippen molar-refractivity contribution in [1.82, 2.24) is 0 Å². The van der Waals surface area contributed by atoms with E-state index in [-0.39, 0.29) is 6.04 Å². The lowest BCUT2D eigenvalue weighted by Gasteiger charge is -2.12. The van der Waals surface area contributed by atoms with Gasteiger partial charge in [0.05, 0.1) is 10.9 Å². The number of sulfone groups is 1. The highest BCUT2D eigenvalue weighted by atomic mass is 32.2. The van der Waals surface area contributed by atoms with Gasteiger partial charge in [-0.2, -0.15) is 0 Å². The van der Waals surface area contributed by atoms with Gasteiger partial charge in [0.1, 0.15) is 0 Å². The molecular formula is C14H17NO2S2. The number of rotatable bonds is 3. The highest BCUT2D eigenvalue weighted by Crippen LogP contribution is 2.29. The Labute approximate surface area is 118 Å². The molecule has 0 radical (unpaired) electrons. The Morgan fingerprint density at radius 2 is 1.74 bits per heavy atom. The van der Waals surface area contributed by atoms with E-state index in [1.165, 1.54) is 16.0 Å². The van der Waals surface area contributed by atoms with Crippen molar-refractivity contribution in [1.29, 1.82) is 0 Å². The summed E-state index contributed by atoms with van der Waals surface area (Å²) in [5.74, 6) is 0. The van der Waals surface area contributed by atoms with Gasteiger partial charge in [0.25, 0.3) is 0 Å². The minimum atomic E-state index is -3.15. The van der Waals surface area contributed by atoms with E-state index in [2.05, 4.69) is 19.9 Å². The molecule has 1 atom stereocenters. The van der Waals surface area contributed by atoms with E-state index in [4.69, 9.17) is 5.73 Å². The van der Waals surface area contributed by atoms with Crippen LogP contribution >= 0.6 is 11.3 Å². The Bertz CT molecular complexity index is 685. The van der Waals surface area contributed by atoms with Crippen molar-refractivity contribution in [2.45, 2.75) is 24.8 Å². The molecule has 0 aliphatic rings. The largest absolute Gasteiger partial charge is 0.320 e. The molecule has 0 spiro atoms. The van der Waals surface area contributed by atoms with Crippen molar-refractivity contribution in [2.24, 2.45) is 5.73 Å². The molecule has 19 heavy (non-hydrogen) atoms. The van der Waals surface area contributed by atoms with Gasteiger partial charge in [-0.1, -0.05) is 12.1 Å². The second kappa shape index (κ2) is 5.07. The van der Waals surface area contributed by atoms with E-state index in [0.29, 0.717) is 4.90 Å². The summed E-state index contributed by atoms with van der Waals surface area (Å²) in [5.41, 5.74) is 8.28. The molecule has 1 unspecified atom stereocenters. The molecule has 0 fully saturated rings. The Morgan fingerprint density at radius 1 is 1.16 bits per heavy atom. The molecule has 0 aliphatic heterocycles. The number of benzene rings is 1. The molecule has 1 aromatic heterocycles. The van der Waals surface area contributed by atoms with Crippen LogP contribution in [0.2, 0.25) is 0 Å². The van der Waals surface area contributed by atoms with Gasteiger partial charge in [0.15, 0.2) is 9.84 Å². The second-order valence-electron chi connectivity index (χ2n) is 4.69. The van der Waals surface area contributed by atoms with Gasteiger partial charge < -0.3 is 5.73 Å². The summed E-state index contributed by atoms with van der Waals surface area (Å²) >= 11 is 1.72. The first-order valence-electron chi connectivity index (χ1n) is 5.91. The van der Waals surface area contributed by atoms with Crippen LogP contribution < -0.4 is 5.73 Å². The van der Waals surface area contributed by atoms with Crippen LogP contribution in [-0.4, -0.2) is 14.7 Å². The second-order valence-corrected chi connectivity index (χ2v) is 8.16. The molecule has 102 valence electrons. The van der Waals surface area contributed by atoms with Gasteiger partial charge in [0, 0.05) is 16.0 Å². The predicted octanol–water partition coefficient (Wildman–Crippen LogP) is 2.82. The van der Waals surface area contributed by atoms with Crippen molar-refractivity contribution in [3.05, 3.63) is 51.2 Å². The summed E-state index contributed by atoms with van der Waals surface area (Å²) in [6, 6.07) is 8.67. The highest BCUT2D eigenvalue weighted by molar-refractivity contribution is 7.90. The van der Waals surface area contributed by atoms with E-state index >= 15 is 0 Å². The van der Waals surface area contributed by atoms with Crippen LogP contribution in [0.5, 0.6) is 0 Å². The van der Waals surface area contributed by atoms with Crippen LogP contribution in [0, 0.1) is 13.8 Å². The van der Waals surface area contributed by atoms with Crippen LogP contribution in [0.25, 0.3) is 0 Å². The molecule has 0 aliphatic carbocycles. The average Bonchev–Trinajstić information content (AvgIpc) is 2.66. The number of nitrogens with two attached hydrogens (primary N) is 1. The zero-order chi connectivity index (χ0) is 14.2. The van der Waals surface area contributed by atoms with Gasteiger partial charge in [0.2, 0.25) is 0 Å². The quantitative estimate of drug-likeness (QED) is 0.947. The predicted molar refractivity (Wildman–Crippen MR) is 79.4 cm³/mol. The Hall–Kier alpha value is -1.17. The fraction of sp³-hybridized carbons (Fsp3) is 0.286. The maximum Gasteiger partial charge on any atom is 0.175 e. The normalized spacial score (nSPS) is 13.5. The fourth-order valence-electron chi connectivity index (χ4n) is 2.06. The molecule has 0 saturated heterocycles.